The summed E-state index contributed by atoms with van der Waals surface area (Å²) in [5.74, 6) is 2.03. The normalized spacial score (nSPS) is 22.8. The Kier molecular flexibility index (Phi) is 5.36. The van der Waals surface area contributed by atoms with Gasteiger partial charge in [-0.15, -0.1) is 0 Å². The number of hydrogen-bond acceptors (Lipinski definition) is 7. The zero-order valence-electron chi connectivity index (χ0n) is 19.8. The van der Waals surface area contributed by atoms with E-state index in [0.29, 0.717) is 50.5 Å². The third-order valence-electron chi connectivity index (χ3n) is 7.73. The van der Waals surface area contributed by atoms with Crippen LogP contribution in [-0.2, 0) is 0 Å². The van der Waals surface area contributed by atoms with Crippen molar-refractivity contribution >= 4 is 61.9 Å². The van der Waals surface area contributed by atoms with Crippen LogP contribution in [0.3, 0.4) is 0 Å². The second-order valence-electron chi connectivity index (χ2n) is 10.2. The van der Waals surface area contributed by atoms with Crippen molar-refractivity contribution in [1.29, 1.82) is 0 Å². The van der Waals surface area contributed by atoms with Crippen LogP contribution in [0.2, 0.25) is 10.0 Å². The number of anilines is 1. The quantitative estimate of drug-likeness (QED) is 0.277. The molecule has 1 aromatic carbocycles. The van der Waals surface area contributed by atoms with Gasteiger partial charge in [0.2, 0.25) is 0 Å². The summed E-state index contributed by atoms with van der Waals surface area (Å²) < 4.78 is 6.70. The molecule has 1 N–H and O–H groups in total. The lowest BCUT2D eigenvalue weighted by atomic mass is 10.0. The van der Waals surface area contributed by atoms with Gasteiger partial charge in [-0.25, -0.2) is 9.78 Å². The van der Waals surface area contributed by atoms with Crippen LogP contribution in [0, 0.1) is 24.7 Å². The van der Waals surface area contributed by atoms with Crippen LogP contribution in [0.4, 0.5) is 5.13 Å². The maximum Gasteiger partial charge on any atom is 0.335 e. The van der Waals surface area contributed by atoms with E-state index in [2.05, 4.69) is 27.2 Å². The molecule has 3 aromatic heterocycles. The molecule has 1 saturated heterocycles. The highest BCUT2D eigenvalue weighted by Crippen LogP contribution is 2.55. The Labute approximate surface area is 226 Å². The molecule has 7 nitrogen and oxygen atoms in total. The number of piperidine rings is 1. The number of aromatic nitrogens is 3. The predicted molar refractivity (Wildman–Crippen MR) is 145 cm³/mol. The molecule has 188 valence electrons. The fraction of sp³-hybridized carbons (Fsp3) is 0.333. The van der Waals surface area contributed by atoms with E-state index in [0.717, 1.165) is 58.2 Å². The minimum atomic E-state index is -0.911. The Balaban J connectivity index is 1.11. The first kappa shape index (κ1) is 23.2. The van der Waals surface area contributed by atoms with Crippen molar-refractivity contribution < 1.29 is 14.4 Å². The summed E-state index contributed by atoms with van der Waals surface area (Å²) >= 11 is 14.4. The monoisotopic (exact) mass is 552 g/mol. The Morgan fingerprint density at radius 1 is 1.19 bits per heavy atom. The fourth-order valence-electron chi connectivity index (χ4n) is 5.59. The van der Waals surface area contributed by atoms with Crippen LogP contribution in [0.25, 0.3) is 27.6 Å². The van der Waals surface area contributed by atoms with Crippen molar-refractivity contribution in [3.63, 3.8) is 0 Å². The molecule has 0 spiro atoms. The molecule has 37 heavy (non-hydrogen) atoms. The van der Waals surface area contributed by atoms with Crippen LogP contribution in [0.15, 0.2) is 35.1 Å². The average molecular weight is 553 g/mol. The lowest BCUT2D eigenvalue weighted by Gasteiger charge is -2.17. The zero-order valence-corrected chi connectivity index (χ0v) is 22.1. The first-order valence-electron chi connectivity index (χ1n) is 12.3. The Morgan fingerprint density at radius 2 is 1.92 bits per heavy atom. The van der Waals surface area contributed by atoms with E-state index in [1.807, 2.05) is 6.92 Å². The number of aryl methyl sites for hydroxylation is 1. The number of halogens is 2. The molecule has 2 unspecified atom stereocenters. The van der Waals surface area contributed by atoms with E-state index in [9.17, 15) is 9.90 Å². The summed E-state index contributed by atoms with van der Waals surface area (Å²) in [7, 11) is 0. The number of carboxylic acid groups (broad SMARTS) is 1. The van der Waals surface area contributed by atoms with Gasteiger partial charge in [0.05, 0.1) is 25.8 Å². The minimum Gasteiger partial charge on any atom is -0.478 e. The summed E-state index contributed by atoms with van der Waals surface area (Å²) in [4.78, 5) is 22.7. The van der Waals surface area contributed by atoms with E-state index in [4.69, 9.17) is 32.7 Å². The van der Waals surface area contributed by atoms with E-state index < -0.39 is 5.97 Å². The standard InChI is InChI=1S/C27H22Cl2N4O3S/c1-12-6-14(26(34)35)7-21-23(12)31-27(37-21)33-10-17-15(18(17)11-33)4-5-16-24(32-36-25(16)13-2-3-13)22-19(28)8-30-9-20(22)29/h4-9,13,15,17-18H,2-3,10-11H2,1H3,(H,34,35)/b5-4+. The molecule has 3 aliphatic rings. The smallest absolute Gasteiger partial charge is 0.335 e. The van der Waals surface area contributed by atoms with Crippen molar-refractivity contribution in [2.45, 2.75) is 25.7 Å². The predicted octanol–water partition coefficient (Wildman–Crippen LogP) is 6.93. The maximum atomic E-state index is 11.4. The summed E-state index contributed by atoms with van der Waals surface area (Å²) in [6, 6.07) is 3.42. The molecule has 4 aromatic rings. The third kappa shape index (κ3) is 3.93. The van der Waals surface area contributed by atoms with Crippen LogP contribution in [0.1, 0.15) is 46.0 Å². The number of nitrogens with zero attached hydrogens (tertiary/aromatic N) is 4. The fourth-order valence-corrected chi connectivity index (χ4v) is 7.24. The molecule has 3 fully saturated rings. The van der Waals surface area contributed by atoms with Gasteiger partial charge in [0.15, 0.2) is 5.13 Å². The molecule has 4 heterocycles. The highest BCUT2D eigenvalue weighted by atomic mass is 35.5. The van der Waals surface area contributed by atoms with Crippen molar-refractivity contribution in [1.82, 2.24) is 15.1 Å². The molecule has 0 radical (unpaired) electrons. The van der Waals surface area contributed by atoms with Gasteiger partial charge in [-0.2, -0.15) is 0 Å². The molecule has 0 amide bonds. The van der Waals surface area contributed by atoms with Crippen LogP contribution < -0.4 is 4.90 Å². The van der Waals surface area contributed by atoms with Crippen LogP contribution in [-0.4, -0.2) is 39.3 Å². The number of allylic oxidation sites excluding steroid dienone is 1. The summed E-state index contributed by atoms with van der Waals surface area (Å²) in [5, 5.41) is 15.6. The second kappa shape index (κ2) is 8.55. The number of hydrogen-bond donors (Lipinski definition) is 1. The minimum absolute atomic E-state index is 0.308. The third-order valence-corrected chi connectivity index (χ3v) is 9.37. The van der Waals surface area contributed by atoms with Gasteiger partial charge in [0.1, 0.15) is 11.5 Å². The largest absolute Gasteiger partial charge is 0.478 e. The first-order chi connectivity index (χ1) is 17.9. The van der Waals surface area contributed by atoms with Gasteiger partial charge in [0, 0.05) is 42.5 Å². The van der Waals surface area contributed by atoms with Crippen molar-refractivity contribution in [3.8, 4) is 11.3 Å². The van der Waals surface area contributed by atoms with E-state index in [-0.39, 0.29) is 0 Å². The second-order valence-corrected chi connectivity index (χ2v) is 12.0. The van der Waals surface area contributed by atoms with E-state index in [1.54, 1.807) is 35.9 Å². The number of benzene rings is 1. The number of carbonyl (C=O) groups is 1. The molecule has 2 saturated carbocycles. The number of pyridine rings is 1. The Morgan fingerprint density at radius 3 is 2.59 bits per heavy atom. The number of thiazole rings is 1. The molecule has 0 bridgehead atoms. The van der Waals surface area contributed by atoms with Crippen molar-refractivity contribution in [2.75, 3.05) is 18.0 Å². The average Bonchev–Trinajstić information content (AvgIpc) is 3.62. The SMILES string of the molecule is Cc1cc(C(=O)O)cc2sc(N3CC4C(/C=C/c5c(-c6c(Cl)cncc6Cl)noc5C5CC5)C4C3)nc12. The summed E-state index contributed by atoms with van der Waals surface area (Å²) in [6.45, 7) is 3.80. The lowest BCUT2D eigenvalue weighted by Crippen LogP contribution is -2.23. The lowest BCUT2D eigenvalue weighted by molar-refractivity contribution is 0.0697. The van der Waals surface area contributed by atoms with Crippen molar-refractivity contribution in [2.24, 2.45) is 17.8 Å². The van der Waals surface area contributed by atoms with Gasteiger partial charge in [0.25, 0.3) is 0 Å². The molecule has 7 rings (SSSR count). The van der Waals surface area contributed by atoms with E-state index >= 15 is 0 Å². The Hall–Kier alpha value is -2.94. The number of rotatable bonds is 6. The number of fused-ring (bicyclic) bond motifs is 2. The highest BCUT2D eigenvalue weighted by Gasteiger charge is 2.54. The first-order valence-corrected chi connectivity index (χ1v) is 13.8. The maximum absolute atomic E-state index is 11.4. The summed E-state index contributed by atoms with van der Waals surface area (Å²) in [6.07, 6.45) is 9.80. The molecule has 2 atom stereocenters. The molecule has 10 heteroatoms. The molecular weight excluding hydrogens is 531 g/mol. The Bertz CT molecular complexity index is 1580. The van der Waals surface area contributed by atoms with Crippen molar-refractivity contribution in [3.05, 3.63) is 63.1 Å². The van der Waals surface area contributed by atoms with Gasteiger partial charge >= 0.3 is 5.97 Å². The van der Waals surface area contributed by atoms with E-state index in [1.165, 1.54) is 0 Å². The van der Waals surface area contributed by atoms with Gasteiger partial charge in [-0.3, -0.25) is 4.98 Å². The van der Waals surface area contributed by atoms with Gasteiger partial charge in [-0.1, -0.05) is 51.8 Å². The number of carboxylic acids is 1. The van der Waals surface area contributed by atoms with Crippen LogP contribution in [0.5, 0.6) is 0 Å². The highest BCUT2D eigenvalue weighted by molar-refractivity contribution is 7.22. The summed E-state index contributed by atoms with van der Waals surface area (Å²) in [5.41, 5.74) is 4.40. The molecule has 2 aliphatic carbocycles. The van der Waals surface area contributed by atoms with Gasteiger partial charge < -0.3 is 14.5 Å². The van der Waals surface area contributed by atoms with Crippen LogP contribution >= 0.6 is 34.5 Å². The topological polar surface area (TPSA) is 92.3 Å². The molecular formula is C27H22Cl2N4O3S. The zero-order chi connectivity index (χ0) is 25.4. The number of aromatic carboxylic acids is 1. The van der Waals surface area contributed by atoms with Gasteiger partial charge in [-0.05, 0) is 55.2 Å². The molecule has 1 aliphatic heterocycles.